The first kappa shape index (κ1) is 10.9. The van der Waals surface area contributed by atoms with Crippen LogP contribution >= 0.6 is 0 Å². The van der Waals surface area contributed by atoms with Crippen molar-refractivity contribution in [3.05, 3.63) is 0 Å². The number of halogens is 2. The quantitative estimate of drug-likeness (QED) is 0.674. The first-order chi connectivity index (χ1) is 6.29. The fraction of sp³-hybridized carbons (Fsp3) is 1.00. The van der Waals surface area contributed by atoms with E-state index in [0.717, 1.165) is 25.9 Å². The minimum atomic E-state index is -2.61. The molecule has 1 unspecified atom stereocenters. The lowest BCUT2D eigenvalue weighted by molar-refractivity contribution is -0.129. The van der Waals surface area contributed by atoms with Crippen LogP contribution in [-0.2, 0) is 4.74 Å². The monoisotopic (exact) mass is 193 g/mol. The highest BCUT2D eigenvalue weighted by molar-refractivity contribution is 4.68. The minimum Gasteiger partial charge on any atom is -0.323 e. The molecular formula is C9H17F2NO. The third-order valence-electron chi connectivity index (χ3n) is 2.40. The molecule has 4 heteroatoms. The van der Waals surface area contributed by atoms with Gasteiger partial charge in [0.1, 0.15) is 0 Å². The largest absolute Gasteiger partial charge is 0.345 e. The van der Waals surface area contributed by atoms with Crippen LogP contribution in [0.3, 0.4) is 0 Å². The lowest BCUT2D eigenvalue weighted by Gasteiger charge is -2.22. The summed E-state index contributed by atoms with van der Waals surface area (Å²) in [4.78, 5) is 0. The Balaban J connectivity index is 1.92. The van der Waals surface area contributed by atoms with E-state index >= 15 is 0 Å². The molecule has 1 rings (SSSR count). The summed E-state index contributed by atoms with van der Waals surface area (Å²) in [6, 6.07) is 0. The van der Waals surface area contributed by atoms with Gasteiger partial charge in [0, 0.05) is 0 Å². The van der Waals surface area contributed by atoms with Crippen LogP contribution in [0.4, 0.5) is 8.78 Å². The summed E-state index contributed by atoms with van der Waals surface area (Å²) in [6.45, 7) is -0.281. The average molecular weight is 193 g/mol. The summed E-state index contributed by atoms with van der Waals surface area (Å²) in [5.74, 6) is 0.662. The molecule has 0 aromatic rings. The van der Waals surface area contributed by atoms with E-state index < -0.39 is 6.61 Å². The van der Waals surface area contributed by atoms with Gasteiger partial charge in [-0.2, -0.15) is 8.78 Å². The normalized spacial score (nSPS) is 23.8. The number of ether oxygens (including phenoxy) is 1. The van der Waals surface area contributed by atoms with Crippen molar-refractivity contribution in [1.29, 1.82) is 0 Å². The van der Waals surface area contributed by atoms with Gasteiger partial charge in [-0.25, -0.2) is 0 Å². The Bertz CT molecular complexity index is 127. The molecule has 0 saturated carbocycles. The van der Waals surface area contributed by atoms with E-state index in [9.17, 15) is 8.78 Å². The van der Waals surface area contributed by atoms with Gasteiger partial charge in [0.05, 0.1) is 6.61 Å². The van der Waals surface area contributed by atoms with E-state index in [1.165, 1.54) is 12.8 Å². The summed E-state index contributed by atoms with van der Waals surface area (Å²) in [7, 11) is 0. The molecule has 0 aromatic heterocycles. The van der Waals surface area contributed by atoms with Crippen LogP contribution < -0.4 is 5.32 Å². The highest BCUT2D eigenvalue weighted by Gasteiger charge is 2.12. The third-order valence-corrected chi connectivity index (χ3v) is 2.40. The molecule has 0 bridgehead atoms. The minimum absolute atomic E-state index is 0.189. The Morgan fingerprint density at radius 2 is 2.31 bits per heavy atom. The van der Waals surface area contributed by atoms with E-state index in [1.54, 1.807) is 0 Å². The molecule has 1 saturated heterocycles. The zero-order valence-electron chi connectivity index (χ0n) is 7.77. The van der Waals surface area contributed by atoms with Gasteiger partial charge in [0.2, 0.25) is 0 Å². The Morgan fingerprint density at radius 3 is 2.92 bits per heavy atom. The second-order valence-corrected chi connectivity index (χ2v) is 3.49. The molecule has 0 spiro atoms. The molecule has 1 atom stereocenters. The number of nitrogens with one attached hydrogen (secondary N) is 1. The Hall–Kier alpha value is -0.220. The van der Waals surface area contributed by atoms with E-state index in [0.29, 0.717) is 5.92 Å². The Kier molecular flexibility index (Phi) is 5.23. The van der Waals surface area contributed by atoms with Crippen molar-refractivity contribution < 1.29 is 13.5 Å². The summed E-state index contributed by atoms with van der Waals surface area (Å²) >= 11 is 0. The molecule has 1 heterocycles. The first-order valence-electron chi connectivity index (χ1n) is 4.89. The third kappa shape index (κ3) is 5.16. The highest BCUT2D eigenvalue weighted by Crippen LogP contribution is 2.15. The maximum atomic E-state index is 11.6. The average Bonchev–Trinajstić information content (AvgIpc) is 2.14. The van der Waals surface area contributed by atoms with Crippen molar-refractivity contribution in [1.82, 2.24) is 5.32 Å². The Labute approximate surface area is 77.6 Å². The molecule has 0 aromatic carbocycles. The van der Waals surface area contributed by atoms with Crippen molar-refractivity contribution >= 4 is 0 Å². The van der Waals surface area contributed by atoms with Crippen LogP contribution in [-0.4, -0.2) is 26.3 Å². The summed E-state index contributed by atoms with van der Waals surface area (Å²) in [5.41, 5.74) is 0. The number of alkyl halides is 2. The first-order valence-corrected chi connectivity index (χ1v) is 4.89. The lowest BCUT2D eigenvalue weighted by atomic mass is 9.95. The van der Waals surface area contributed by atoms with Crippen LogP contribution in [0.25, 0.3) is 0 Å². The van der Waals surface area contributed by atoms with Crippen molar-refractivity contribution in [3.63, 3.8) is 0 Å². The molecule has 2 nitrogen and oxygen atoms in total. The smallest absolute Gasteiger partial charge is 0.323 e. The van der Waals surface area contributed by atoms with Gasteiger partial charge < -0.3 is 10.1 Å². The van der Waals surface area contributed by atoms with Crippen molar-refractivity contribution in [2.75, 3.05) is 19.7 Å². The maximum Gasteiger partial charge on any atom is 0.345 e. The van der Waals surface area contributed by atoms with Gasteiger partial charge in [-0.3, -0.25) is 0 Å². The van der Waals surface area contributed by atoms with Crippen LogP contribution in [0.1, 0.15) is 25.7 Å². The molecule has 0 aliphatic carbocycles. The van der Waals surface area contributed by atoms with Gasteiger partial charge in [0.15, 0.2) is 0 Å². The van der Waals surface area contributed by atoms with Gasteiger partial charge >= 0.3 is 6.61 Å². The van der Waals surface area contributed by atoms with Gasteiger partial charge in [-0.05, 0) is 44.7 Å². The van der Waals surface area contributed by atoms with E-state index in [-0.39, 0.29) is 6.61 Å². The maximum absolute atomic E-state index is 11.6. The van der Waals surface area contributed by atoms with E-state index in [4.69, 9.17) is 0 Å². The van der Waals surface area contributed by atoms with Crippen LogP contribution in [0.15, 0.2) is 0 Å². The number of rotatable bonds is 5. The van der Waals surface area contributed by atoms with E-state index in [2.05, 4.69) is 10.1 Å². The lowest BCUT2D eigenvalue weighted by Crippen LogP contribution is -2.29. The molecule has 1 N–H and O–H groups in total. The predicted octanol–water partition coefficient (Wildman–Crippen LogP) is 2.01. The van der Waals surface area contributed by atoms with E-state index in [1.807, 2.05) is 0 Å². The van der Waals surface area contributed by atoms with Crippen LogP contribution in [0.5, 0.6) is 0 Å². The summed E-state index contributed by atoms with van der Waals surface area (Å²) in [6.07, 6.45) is 4.18. The predicted molar refractivity (Wildman–Crippen MR) is 46.8 cm³/mol. The fourth-order valence-electron chi connectivity index (χ4n) is 1.71. The molecule has 1 aliphatic heterocycles. The molecule has 0 radical (unpaired) electrons. The standard InChI is InChI=1S/C9H17F2NO/c10-9(11)13-6-2-4-8-3-1-5-12-7-8/h8-9,12H,1-7H2. The molecular weight excluding hydrogens is 176 g/mol. The molecule has 1 fully saturated rings. The zero-order chi connectivity index (χ0) is 9.52. The number of hydrogen-bond acceptors (Lipinski definition) is 2. The SMILES string of the molecule is FC(F)OCCCC1CCCNC1. The Morgan fingerprint density at radius 1 is 1.46 bits per heavy atom. The number of hydrogen-bond donors (Lipinski definition) is 1. The molecule has 13 heavy (non-hydrogen) atoms. The molecule has 1 aliphatic rings. The van der Waals surface area contributed by atoms with Gasteiger partial charge in [-0.15, -0.1) is 0 Å². The topological polar surface area (TPSA) is 21.3 Å². The highest BCUT2D eigenvalue weighted by atomic mass is 19.3. The second kappa shape index (κ2) is 6.27. The van der Waals surface area contributed by atoms with Crippen molar-refractivity contribution in [2.45, 2.75) is 32.3 Å². The van der Waals surface area contributed by atoms with Crippen LogP contribution in [0, 0.1) is 5.92 Å². The fourth-order valence-corrected chi connectivity index (χ4v) is 1.71. The second-order valence-electron chi connectivity index (χ2n) is 3.49. The van der Waals surface area contributed by atoms with Crippen molar-refractivity contribution in [3.8, 4) is 0 Å². The summed E-state index contributed by atoms with van der Waals surface area (Å²) < 4.78 is 27.3. The van der Waals surface area contributed by atoms with Crippen molar-refractivity contribution in [2.24, 2.45) is 5.92 Å². The summed E-state index contributed by atoms with van der Waals surface area (Å²) in [5, 5.41) is 3.30. The van der Waals surface area contributed by atoms with Gasteiger partial charge in [0.25, 0.3) is 0 Å². The molecule has 0 amide bonds. The van der Waals surface area contributed by atoms with Crippen LogP contribution in [0.2, 0.25) is 0 Å². The zero-order valence-corrected chi connectivity index (χ0v) is 7.77. The number of piperidine rings is 1. The van der Waals surface area contributed by atoms with Gasteiger partial charge in [-0.1, -0.05) is 0 Å². The molecule has 78 valence electrons.